The van der Waals surface area contributed by atoms with Gasteiger partial charge in [0, 0.05) is 37.8 Å². The quantitative estimate of drug-likeness (QED) is 0.821. The molecule has 1 aromatic carbocycles. The van der Waals surface area contributed by atoms with Gasteiger partial charge in [0.15, 0.2) is 9.84 Å². The molecule has 7 heteroatoms. The van der Waals surface area contributed by atoms with Crippen LogP contribution in [-0.2, 0) is 14.6 Å². The summed E-state index contributed by atoms with van der Waals surface area (Å²) in [6, 6.07) is 4.96. The highest BCUT2D eigenvalue weighted by atomic mass is 35.5. The molecule has 5 nitrogen and oxygen atoms in total. The summed E-state index contributed by atoms with van der Waals surface area (Å²) in [5.74, 6) is 0.141. The van der Waals surface area contributed by atoms with Gasteiger partial charge in [-0.15, -0.1) is 0 Å². The van der Waals surface area contributed by atoms with Crippen molar-refractivity contribution in [2.75, 3.05) is 52.2 Å². The Kier molecular flexibility index (Phi) is 5.28. The van der Waals surface area contributed by atoms with Crippen LogP contribution >= 0.6 is 11.6 Å². The Morgan fingerprint density at radius 2 is 2.17 bits per heavy atom. The van der Waals surface area contributed by atoms with Crippen molar-refractivity contribution in [3.05, 3.63) is 28.8 Å². The van der Waals surface area contributed by atoms with E-state index in [-0.39, 0.29) is 11.8 Å². The topological polar surface area (TPSA) is 49.9 Å². The van der Waals surface area contributed by atoms with Crippen LogP contribution in [-0.4, -0.2) is 70.4 Å². The van der Waals surface area contributed by atoms with E-state index in [9.17, 15) is 8.42 Å². The highest BCUT2D eigenvalue weighted by molar-refractivity contribution is 7.91. The first-order valence-electron chi connectivity index (χ1n) is 8.00. The van der Waals surface area contributed by atoms with Crippen molar-refractivity contribution in [3.63, 3.8) is 0 Å². The van der Waals surface area contributed by atoms with Crippen molar-refractivity contribution < 1.29 is 13.2 Å². The van der Waals surface area contributed by atoms with Crippen molar-refractivity contribution in [2.45, 2.75) is 17.4 Å². The lowest BCUT2D eigenvalue weighted by atomic mass is 10.1. The molecule has 2 aliphatic rings. The lowest BCUT2D eigenvalue weighted by Crippen LogP contribution is -2.36. The highest BCUT2D eigenvalue weighted by Crippen LogP contribution is 2.37. The number of hydrogen-bond donors (Lipinski definition) is 0. The molecule has 3 rings (SSSR count). The average molecular weight is 359 g/mol. The van der Waals surface area contributed by atoms with E-state index >= 15 is 0 Å². The van der Waals surface area contributed by atoms with Crippen molar-refractivity contribution >= 4 is 21.4 Å². The van der Waals surface area contributed by atoms with Gasteiger partial charge in [0.1, 0.15) is 0 Å². The van der Waals surface area contributed by atoms with Gasteiger partial charge in [-0.05, 0) is 37.2 Å². The summed E-state index contributed by atoms with van der Waals surface area (Å²) in [4.78, 5) is 4.94. The maximum absolute atomic E-state index is 12.3. The van der Waals surface area contributed by atoms with Crippen LogP contribution in [0.15, 0.2) is 23.1 Å². The number of hydrogen-bond acceptors (Lipinski definition) is 5. The van der Waals surface area contributed by atoms with Crippen LogP contribution in [0.4, 0.5) is 0 Å². The maximum atomic E-state index is 12.3. The van der Waals surface area contributed by atoms with Gasteiger partial charge in [0.2, 0.25) is 0 Å². The van der Waals surface area contributed by atoms with E-state index in [1.54, 1.807) is 18.2 Å². The molecule has 0 radical (unpaired) electrons. The molecule has 0 aromatic heterocycles. The molecule has 1 unspecified atom stereocenters. The fraction of sp³-hybridized carbons (Fsp3) is 0.625. The van der Waals surface area contributed by atoms with Gasteiger partial charge in [-0.25, -0.2) is 8.42 Å². The van der Waals surface area contributed by atoms with Crippen molar-refractivity contribution in [1.82, 2.24) is 9.80 Å². The fourth-order valence-electron chi connectivity index (χ4n) is 3.29. The Bertz CT molecular complexity index is 657. The normalized spacial score (nSPS) is 24.6. The zero-order valence-corrected chi connectivity index (χ0v) is 14.9. The summed E-state index contributed by atoms with van der Waals surface area (Å²) >= 11 is 6.07. The molecular formula is C16H23ClN2O3S. The summed E-state index contributed by atoms with van der Waals surface area (Å²) in [7, 11) is -1.21. The molecule has 1 fully saturated rings. The number of nitrogens with zero attached hydrogens (tertiary/aromatic N) is 2. The molecule has 2 aliphatic heterocycles. The second-order valence-electron chi connectivity index (χ2n) is 6.27. The molecule has 1 saturated heterocycles. The Hall–Kier alpha value is -0.660. The first kappa shape index (κ1) is 17.2. The predicted octanol–water partition coefficient (Wildman–Crippen LogP) is 1.82. The van der Waals surface area contributed by atoms with E-state index < -0.39 is 9.84 Å². The Morgan fingerprint density at radius 3 is 3.00 bits per heavy atom. The molecule has 0 amide bonds. The third kappa shape index (κ3) is 3.88. The molecule has 0 aliphatic carbocycles. The van der Waals surface area contributed by atoms with E-state index in [1.807, 2.05) is 7.05 Å². The molecule has 1 atom stereocenters. The largest absolute Gasteiger partial charge is 0.380 e. The first-order chi connectivity index (χ1) is 11.0. The minimum Gasteiger partial charge on any atom is -0.380 e. The van der Waals surface area contributed by atoms with E-state index in [0.717, 1.165) is 51.4 Å². The molecule has 0 spiro atoms. The van der Waals surface area contributed by atoms with Crippen LogP contribution in [0.5, 0.6) is 0 Å². The SMILES string of the molecule is CN(CCN1CCCOCC1)C1CS(=O)(=O)c2ccc(Cl)cc21. The highest BCUT2D eigenvalue weighted by Gasteiger charge is 2.36. The molecule has 1 aromatic rings. The first-order valence-corrected chi connectivity index (χ1v) is 10.0. The molecular weight excluding hydrogens is 336 g/mol. The van der Waals surface area contributed by atoms with Crippen molar-refractivity contribution in [3.8, 4) is 0 Å². The molecule has 0 bridgehead atoms. The monoisotopic (exact) mass is 358 g/mol. The standard InChI is InChI=1S/C16H23ClN2O3S/c1-18(6-7-19-5-2-9-22-10-8-19)15-12-23(20,21)16-4-3-13(17)11-14(15)16/h3-4,11,15H,2,5-10,12H2,1H3. The minimum absolute atomic E-state index is 0.114. The molecule has 2 heterocycles. The van der Waals surface area contributed by atoms with Crippen molar-refractivity contribution in [2.24, 2.45) is 0 Å². The Labute approximate surface area is 143 Å². The Morgan fingerprint density at radius 1 is 1.35 bits per heavy atom. The van der Waals surface area contributed by atoms with Crippen molar-refractivity contribution in [1.29, 1.82) is 0 Å². The van der Waals surface area contributed by atoms with Gasteiger partial charge < -0.3 is 4.74 Å². The zero-order chi connectivity index (χ0) is 16.4. The van der Waals surface area contributed by atoms with Gasteiger partial charge >= 0.3 is 0 Å². The number of fused-ring (bicyclic) bond motifs is 1. The number of sulfone groups is 1. The second-order valence-corrected chi connectivity index (χ2v) is 8.71. The smallest absolute Gasteiger partial charge is 0.180 e. The average Bonchev–Trinajstić information content (AvgIpc) is 2.69. The minimum atomic E-state index is -3.20. The number of halogens is 1. The lowest BCUT2D eigenvalue weighted by Gasteiger charge is -2.27. The predicted molar refractivity (Wildman–Crippen MR) is 90.8 cm³/mol. The molecule has 0 saturated carbocycles. The molecule has 0 N–H and O–H groups in total. The fourth-order valence-corrected chi connectivity index (χ4v) is 5.33. The maximum Gasteiger partial charge on any atom is 0.180 e. The summed E-state index contributed by atoms with van der Waals surface area (Å²) in [6.45, 7) is 5.34. The third-order valence-electron chi connectivity index (χ3n) is 4.66. The second kappa shape index (κ2) is 7.07. The van der Waals surface area contributed by atoms with E-state index in [2.05, 4.69) is 9.80 Å². The van der Waals surface area contributed by atoms with Crippen LogP contribution in [0.2, 0.25) is 5.02 Å². The summed E-state index contributed by atoms with van der Waals surface area (Å²) < 4.78 is 30.1. The molecule has 128 valence electrons. The van der Waals surface area contributed by atoms with Gasteiger partial charge in [0.25, 0.3) is 0 Å². The third-order valence-corrected chi connectivity index (χ3v) is 6.69. The van der Waals surface area contributed by atoms with Crippen LogP contribution in [0.25, 0.3) is 0 Å². The molecule has 23 heavy (non-hydrogen) atoms. The summed E-state index contributed by atoms with van der Waals surface area (Å²) in [5, 5.41) is 0.587. The number of ether oxygens (including phenoxy) is 1. The van der Waals surface area contributed by atoms with Crippen LogP contribution < -0.4 is 0 Å². The van der Waals surface area contributed by atoms with E-state index in [0.29, 0.717) is 9.92 Å². The lowest BCUT2D eigenvalue weighted by molar-refractivity contribution is 0.137. The van der Waals surface area contributed by atoms with Crippen LogP contribution in [0, 0.1) is 0 Å². The van der Waals surface area contributed by atoms with E-state index in [1.165, 1.54) is 0 Å². The summed E-state index contributed by atoms with van der Waals surface area (Å²) in [6.07, 6.45) is 1.06. The summed E-state index contributed by atoms with van der Waals surface area (Å²) in [5.41, 5.74) is 0.833. The van der Waals surface area contributed by atoms with Crippen LogP contribution in [0.1, 0.15) is 18.0 Å². The van der Waals surface area contributed by atoms with Gasteiger partial charge in [0.05, 0.1) is 23.3 Å². The number of rotatable bonds is 4. The zero-order valence-electron chi connectivity index (χ0n) is 13.4. The Balaban J connectivity index is 1.68. The van der Waals surface area contributed by atoms with Crippen LogP contribution in [0.3, 0.4) is 0 Å². The number of benzene rings is 1. The van der Waals surface area contributed by atoms with Gasteiger partial charge in [-0.3, -0.25) is 9.80 Å². The van der Waals surface area contributed by atoms with Gasteiger partial charge in [-0.1, -0.05) is 11.6 Å². The van der Waals surface area contributed by atoms with E-state index in [4.69, 9.17) is 16.3 Å². The number of likely N-dealkylation sites (N-methyl/N-ethyl adjacent to an activating group) is 1. The van der Waals surface area contributed by atoms with Gasteiger partial charge in [-0.2, -0.15) is 0 Å².